The van der Waals surface area contributed by atoms with Gasteiger partial charge in [-0.3, -0.25) is 14.7 Å². The zero-order valence-corrected chi connectivity index (χ0v) is 15.8. The number of thiophene rings is 1. The number of carbonyl (C=O) groups excluding carboxylic acids is 2. The summed E-state index contributed by atoms with van der Waals surface area (Å²) in [5, 5.41) is 12.9. The summed E-state index contributed by atoms with van der Waals surface area (Å²) in [5.74, 6) is 0.416. The number of aromatic amines is 1. The Hall–Kier alpha value is -2.91. The van der Waals surface area contributed by atoms with E-state index >= 15 is 0 Å². The Morgan fingerprint density at radius 1 is 1.26 bits per heavy atom. The monoisotopic (exact) mass is 398 g/mol. The van der Waals surface area contributed by atoms with Crippen molar-refractivity contribution in [3.8, 4) is 10.7 Å². The Bertz CT molecular complexity index is 1120. The predicted molar refractivity (Wildman–Crippen MR) is 105 cm³/mol. The highest BCUT2D eigenvalue weighted by Gasteiger charge is 2.19. The standard InChI is InChI=1S/C18H14N4O3S2/c1-10(23)16-15(11-5-2-3-6-12(11)25-16)19-14(24)9-27-18-20-17(21-22-18)13-7-4-8-26-13/h2-8H,9H2,1H3,(H,19,24)(H,20,21,22). The van der Waals surface area contributed by atoms with Crippen LogP contribution in [0.25, 0.3) is 21.7 Å². The Balaban J connectivity index is 1.46. The Morgan fingerprint density at radius 2 is 2.11 bits per heavy atom. The zero-order chi connectivity index (χ0) is 18.8. The van der Waals surface area contributed by atoms with E-state index in [9.17, 15) is 9.59 Å². The number of thioether (sulfide) groups is 1. The number of para-hydroxylation sites is 1. The van der Waals surface area contributed by atoms with Crippen LogP contribution in [0.2, 0.25) is 0 Å². The van der Waals surface area contributed by atoms with E-state index in [1.54, 1.807) is 23.5 Å². The third kappa shape index (κ3) is 3.64. The second-order valence-electron chi connectivity index (χ2n) is 5.64. The van der Waals surface area contributed by atoms with E-state index in [-0.39, 0.29) is 23.2 Å². The molecular formula is C18H14N4O3S2. The van der Waals surface area contributed by atoms with E-state index in [1.165, 1.54) is 18.7 Å². The lowest BCUT2D eigenvalue weighted by atomic mass is 10.2. The molecule has 4 aromatic rings. The fourth-order valence-electron chi connectivity index (χ4n) is 2.56. The summed E-state index contributed by atoms with van der Waals surface area (Å²) in [6.45, 7) is 1.40. The number of fused-ring (bicyclic) bond motifs is 1. The number of benzene rings is 1. The molecule has 7 nitrogen and oxygen atoms in total. The minimum absolute atomic E-state index is 0.110. The number of nitrogens with zero attached hydrogens (tertiary/aromatic N) is 2. The molecule has 0 aliphatic rings. The molecule has 27 heavy (non-hydrogen) atoms. The maximum absolute atomic E-state index is 12.4. The molecule has 3 heterocycles. The Labute approximate surface area is 162 Å². The van der Waals surface area contributed by atoms with Crippen molar-refractivity contribution >= 4 is 51.4 Å². The lowest BCUT2D eigenvalue weighted by Crippen LogP contribution is -2.15. The molecule has 9 heteroatoms. The summed E-state index contributed by atoms with van der Waals surface area (Å²) < 4.78 is 5.57. The summed E-state index contributed by atoms with van der Waals surface area (Å²) in [6, 6.07) is 11.1. The lowest BCUT2D eigenvalue weighted by molar-refractivity contribution is -0.113. The number of hydrogen-bond donors (Lipinski definition) is 2. The first kappa shape index (κ1) is 17.5. The van der Waals surface area contributed by atoms with Gasteiger partial charge < -0.3 is 9.73 Å². The average molecular weight is 398 g/mol. The first-order valence-corrected chi connectivity index (χ1v) is 9.90. The van der Waals surface area contributed by atoms with Gasteiger partial charge in [0.15, 0.2) is 17.4 Å². The molecular weight excluding hydrogens is 384 g/mol. The number of hydrogen-bond acceptors (Lipinski definition) is 7. The molecule has 4 rings (SSSR count). The van der Waals surface area contributed by atoms with Crippen molar-refractivity contribution in [1.82, 2.24) is 15.2 Å². The van der Waals surface area contributed by atoms with Gasteiger partial charge in [-0.2, -0.15) is 0 Å². The summed E-state index contributed by atoms with van der Waals surface area (Å²) >= 11 is 2.77. The molecule has 0 radical (unpaired) electrons. The van der Waals surface area contributed by atoms with Gasteiger partial charge in [0.25, 0.3) is 0 Å². The Kier molecular flexibility index (Phi) is 4.78. The average Bonchev–Trinajstić information content (AvgIpc) is 3.39. The van der Waals surface area contributed by atoms with Crippen LogP contribution in [0, 0.1) is 0 Å². The van der Waals surface area contributed by atoms with Gasteiger partial charge in [-0.05, 0) is 23.6 Å². The number of anilines is 1. The topological polar surface area (TPSA) is 101 Å². The number of carbonyl (C=O) groups is 2. The van der Waals surface area contributed by atoms with Crippen molar-refractivity contribution in [3.05, 3.63) is 47.5 Å². The molecule has 2 N–H and O–H groups in total. The predicted octanol–water partition coefficient (Wildman–Crippen LogP) is 4.21. The zero-order valence-electron chi connectivity index (χ0n) is 14.2. The van der Waals surface area contributed by atoms with Crippen molar-refractivity contribution in [2.24, 2.45) is 0 Å². The van der Waals surface area contributed by atoms with E-state index in [0.29, 0.717) is 27.6 Å². The smallest absolute Gasteiger partial charge is 0.234 e. The minimum atomic E-state index is -0.267. The molecule has 0 fully saturated rings. The maximum atomic E-state index is 12.4. The summed E-state index contributed by atoms with van der Waals surface area (Å²) in [6.07, 6.45) is 0. The quantitative estimate of drug-likeness (QED) is 0.373. The van der Waals surface area contributed by atoms with Crippen LogP contribution in [0.15, 0.2) is 51.4 Å². The van der Waals surface area contributed by atoms with Crippen LogP contribution in [0.5, 0.6) is 0 Å². The van der Waals surface area contributed by atoms with Crippen LogP contribution in [-0.4, -0.2) is 32.6 Å². The van der Waals surface area contributed by atoms with Gasteiger partial charge >= 0.3 is 0 Å². The van der Waals surface area contributed by atoms with E-state index in [4.69, 9.17) is 4.42 Å². The normalized spacial score (nSPS) is 11.0. The fraction of sp³-hybridized carbons (Fsp3) is 0.111. The highest BCUT2D eigenvalue weighted by molar-refractivity contribution is 7.99. The minimum Gasteiger partial charge on any atom is -0.451 e. The van der Waals surface area contributed by atoms with E-state index in [1.807, 2.05) is 29.6 Å². The molecule has 0 unspecified atom stereocenters. The summed E-state index contributed by atoms with van der Waals surface area (Å²) in [7, 11) is 0. The van der Waals surface area contributed by atoms with Gasteiger partial charge in [0.05, 0.1) is 16.3 Å². The number of amides is 1. The molecule has 1 amide bonds. The summed E-state index contributed by atoms with van der Waals surface area (Å²) in [4.78, 5) is 29.6. The van der Waals surface area contributed by atoms with Gasteiger partial charge in [0.1, 0.15) is 5.58 Å². The van der Waals surface area contributed by atoms with Gasteiger partial charge in [-0.15, -0.1) is 16.4 Å². The molecule has 0 spiro atoms. The third-order valence-corrected chi connectivity index (χ3v) is 5.46. The molecule has 0 atom stereocenters. The molecule has 0 bridgehead atoms. The largest absolute Gasteiger partial charge is 0.451 e. The van der Waals surface area contributed by atoms with Crippen molar-refractivity contribution < 1.29 is 14.0 Å². The van der Waals surface area contributed by atoms with E-state index < -0.39 is 0 Å². The molecule has 0 saturated heterocycles. The van der Waals surface area contributed by atoms with Gasteiger partial charge in [-0.25, -0.2) is 4.98 Å². The van der Waals surface area contributed by atoms with Crippen LogP contribution < -0.4 is 5.32 Å². The number of Topliss-reactive ketones (excluding diaryl/α,β-unsaturated/α-hetero) is 1. The highest BCUT2D eigenvalue weighted by atomic mass is 32.2. The lowest BCUT2D eigenvalue weighted by Gasteiger charge is -2.03. The maximum Gasteiger partial charge on any atom is 0.234 e. The van der Waals surface area contributed by atoms with Crippen LogP contribution in [0.1, 0.15) is 17.5 Å². The Morgan fingerprint density at radius 3 is 2.89 bits per heavy atom. The van der Waals surface area contributed by atoms with Gasteiger partial charge in [-0.1, -0.05) is 30.0 Å². The summed E-state index contributed by atoms with van der Waals surface area (Å²) in [5.41, 5.74) is 0.957. The highest BCUT2D eigenvalue weighted by Crippen LogP contribution is 2.31. The van der Waals surface area contributed by atoms with Crippen LogP contribution in [0.4, 0.5) is 5.69 Å². The molecule has 0 aliphatic heterocycles. The second kappa shape index (κ2) is 7.37. The molecule has 1 aromatic carbocycles. The molecule has 0 aliphatic carbocycles. The fourth-order valence-corrected chi connectivity index (χ4v) is 3.82. The third-order valence-electron chi connectivity index (χ3n) is 3.73. The number of rotatable bonds is 6. The second-order valence-corrected chi connectivity index (χ2v) is 7.53. The van der Waals surface area contributed by atoms with Crippen LogP contribution in [0.3, 0.4) is 0 Å². The number of ketones is 1. The number of H-pyrrole nitrogens is 1. The molecule has 3 aromatic heterocycles. The van der Waals surface area contributed by atoms with Gasteiger partial charge in [0, 0.05) is 12.3 Å². The van der Waals surface area contributed by atoms with Crippen molar-refractivity contribution in [3.63, 3.8) is 0 Å². The van der Waals surface area contributed by atoms with Crippen molar-refractivity contribution in [2.75, 3.05) is 11.1 Å². The first-order valence-electron chi connectivity index (χ1n) is 8.03. The van der Waals surface area contributed by atoms with E-state index in [0.717, 1.165) is 4.88 Å². The van der Waals surface area contributed by atoms with E-state index in [2.05, 4.69) is 20.5 Å². The number of nitrogens with one attached hydrogen (secondary N) is 2. The number of furan rings is 1. The van der Waals surface area contributed by atoms with Crippen LogP contribution in [-0.2, 0) is 4.79 Å². The van der Waals surface area contributed by atoms with Crippen molar-refractivity contribution in [2.45, 2.75) is 12.1 Å². The molecule has 0 saturated carbocycles. The first-order chi connectivity index (χ1) is 13.1. The SMILES string of the molecule is CC(=O)c1oc2ccccc2c1NC(=O)CSc1n[nH]c(-c2cccs2)n1. The van der Waals surface area contributed by atoms with Crippen LogP contribution >= 0.6 is 23.1 Å². The number of aromatic nitrogens is 3. The van der Waals surface area contributed by atoms with Crippen molar-refractivity contribution in [1.29, 1.82) is 0 Å². The van der Waals surface area contributed by atoms with Gasteiger partial charge in [0.2, 0.25) is 11.1 Å². The molecule has 136 valence electrons.